The topological polar surface area (TPSA) is 61.2 Å². The van der Waals surface area contributed by atoms with Gasteiger partial charge in [0, 0.05) is 35.7 Å². The summed E-state index contributed by atoms with van der Waals surface area (Å²) in [5, 5.41) is 14.5. The van der Waals surface area contributed by atoms with Crippen molar-refractivity contribution in [1.29, 1.82) is 5.26 Å². The molecule has 0 aliphatic carbocycles. The number of nitrogens with zero attached hydrogens (tertiary/aromatic N) is 3. The summed E-state index contributed by atoms with van der Waals surface area (Å²) >= 11 is 6.08. The van der Waals surface area contributed by atoms with Gasteiger partial charge in [-0.3, -0.25) is 4.90 Å². The van der Waals surface area contributed by atoms with Crippen LogP contribution in [0.4, 0.5) is 5.82 Å². The highest BCUT2D eigenvalue weighted by Gasteiger charge is 2.38. The third kappa shape index (κ3) is 3.89. The predicted molar refractivity (Wildman–Crippen MR) is 108 cm³/mol. The summed E-state index contributed by atoms with van der Waals surface area (Å²) in [7, 11) is 0. The minimum Gasteiger partial charge on any atom is -0.381 e. The van der Waals surface area contributed by atoms with Crippen LogP contribution in [0.3, 0.4) is 0 Å². The van der Waals surface area contributed by atoms with Crippen molar-refractivity contribution in [2.75, 3.05) is 38.2 Å². The fourth-order valence-electron chi connectivity index (χ4n) is 4.36. The Kier molecular flexibility index (Phi) is 5.49. The van der Waals surface area contributed by atoms with Gasteiger partial charge in [0.15, 0.2) is 0 Å². The molecular formula is C21H25ClN4O. The van der Waals surface area contributed by atoms with Crippen LogP contribution in [0.25, 0.3) is 10.9 Å². The number of likely N-dealkylation sites (tertiary alicyclic amines) is 1. The summed E-state index contributed by atoms with van der Waals surface area (Å²) in [6, 6.07) is 9.61. The van der Waals surface area contributed by atoms with Crippen molar-refractivity contribution in [1.82, 2.24) is 9.88 Å². The number of ether oxygens (including phenoxy) is 1. The third-order valence-corrected chi connectivity index (χ3v) is 6.18. The molecule has 5 nitrogen and oxygen atoms in total. The quantitative estimate of drug-likeness (QED) is 0.855. The molecule has 27 heavy (non-hydrogen) atoms. The first-order valence-electron chi connectivity index (χ1n) is 9.77. The average molecular weight is 385 g/mol. The van der Waals surface area contributed by atoms with Crippen molar-refractivity contribution in [3.8, 4) is 6.07 Å². The molecule has 6 heteroatoms. The minimum absolute atomic E-state index is 0.113. The summed E-state index contributed by atoms with van der Waals surface area (Å²) < 4.78 is 5.65. The maximum atomic E-state index is 9.55. The standard InChI is InChI=1S/C21H25ClN4O/c22-17-4-5-19-18(13-17)16(14-23)12-20(25-19)24-15-21(6-10-27-11-7-21)26-8-2-1-3-9-26/h4-5,12-13H,1-3,6-11,15H2,(H,24,25). The van der Waals surface area contributed by atoms with Gasteiger partial charge >= 0.3 is 0 Å². The highest BCUT2D eigenvalue weighted by molar-refractivity contribution is 6.31. The zero-order chi connectivity index (χ0) is 18.7. The lowest BCUT2D eigenvalue weighted by Gasteiger charge is -2.48. The van der Waals surface area contributed by atoms with E-state index in [1.165, 1.54) is 19.3 Å². The Morgan fingerprint density at radius 1 is 1.19 bits per heavy atom. The van der Waals surface area contributed by atoms with Crippen molar-refractivity contribution in [3.63, 3.8) is 0 Å². The second-order valence-corrected chi connectivity index (χ2v) is 8.00. The summed E-state index contributed by atoms with van der Waals surface area (Å²) in [5.74, 6) is 0.754. The molecule has 0 atom stereocenters. The highest BCUT2D eigenvalue weighted by Crippen LogP contribution is 2.32. The Morgan fingerprint density at radius 2 is 1.96 bits per heavy atom. The number of nitriles is 1. The van der Waals surface area contributed by atoms with Gasteiger partial charge in [-0.25, -0.2) is 4.98 Å². The molecule has 1 N–H and O–H groups in total. The molecule has 2 aliphatic rings. The molecule has 4 rings (SSSR count). The van der Waals surface area contributed by atoms with Crippen LogP contribution < -0.4 is 5.32 Å². The number of aromatic nitrogens is 1. The van der Waals surface area contributed by atoms with Gasteiger partial charge in [0.2, 0.25) is 0 Å². The Morgan fingerprint density at radius 3 is 2.70 bits per heavy atom. The molecule has 142 valence electrons. The van der Waals surface area contributed by atoms with E-state index in [0.29, 0.717) is 10.6 Å². The molecule has 0 unspecified atom stereocenters. The summed E-state index contributed by atoms with van der Waals surface area (Å²) in [4.78, 5) is 7.37. The van der Waals surface area contributed by atoms with E-state index in [4.69, 9.17) is 21.3 Å². The largest absolute Gasteiger partial charge is 0.381 e. The number of piperidine rings is 1. The van der Waals surface area contributed by atoms with Crippen LogP contribution in [-0.4, -0.2) is 48.3 Å². The summed E-state index contributed by atoms with van der Waals surface area (Å²) in [6.07, 6.45) is 5.95. The lowest BCUT2D eigenvalue weighted by Crippen LogP contribution is -2.57. The van der Waals surface area contributed by atoms with Crippen LogP contribution in [0.2, 0.25) is 5.02 Å². The van der Waals surface area contributed by atoms with Gasteiger partial charge in [-0.15, -0.1) is 0 Å². The zero-order valence-corrected chi connectivity index (χ0v) is 16.3. The molecule has 2 aromatic rings. The lowest BCUT2D eigenvalue weighted by molar-refractivity contribution is -0.0293. The number of nitrogens with one attached hydrogen (secondary N) is 1. The number of anilines is 1. The Bertz CT molecular complexity index is 851. The molecule has 2 aliphatic heterocycles. The van der Waals surface area contributed by atoms with Gasteiger partial charge < -0.3 is 10.1 Å². The smallest absolute Gasteiger partial charge is 0.128 e. The zero-order valence-electron chi connectivity index (χ0n) is 15.5. The third-order valence-electron chi connectivity index (χ3n) is 5.94. The first-order chi connectivity index (χ1) is 13.2. The van der Waals surface area contributed by atoms with E-state index in [1.54, 1.807) is 6.07 Å². The Hall–Kier alpha value is -1.87. The molecule has 0 radical (unpaired) electrons. The molecule has 2 saturated heterocycles. The van der Waals surface area contributed by atoms with Gasteiger partial charge in [0.25, 0.3) is 0 Å². The van der Waals surface area contributed by atoms with Crippen LogP contribution in [0, 0.1) is 11.3 Å². The molecule has 0 spiro atoms. The fraction of sp³-hybridized carbons (Fsp3) is 0.524. The van der Waals surface area contributed by atoms with E-state index in [-0.39, 0.29) is 5.54 Å². The molecule has 2 fully saturated rings. The fourth-order valence-corrected chi connectivity index (χ4v) is 4.53. The lowest BCUT2D eigenvalue weighted by atomic mass is 9.86. The molecule has 1 aromatic carbocycles. The maximum Gasteiger partial charge on any atom is 0.128 e. The van der Waals surface area contributed by atoms with Crippen molar-refractivity contribution in [2.45, 2.75) is 37.6 Å². The van der Waals surface area contributed by atoms with Gasteiger partial charge in [0.05, 0.1) is 17.1 Å². The Balaban J connectivity index is 1.59. The van der Waals surface area contributed by atoms with E-state index in [2.05, 4.69) is 16.3 Å². The van der Waals surface area contributed by atoms with Crippen molar-refractivity contribution in [3.05, 3.63) is 34.9 Å². The van der Waals surface area contributed by atoms with E-state index < -0.39 is 0 Å². The molecule has 0 saturated carbocycles. The number of hydrogen-bond donors (Lipinski definition) is 1. The van der Waals surface area contributed by atoms with Crippen molar-refractivity contribution < 1.29 is 4.74 Å². The van der Waals surface area contributed by atoms with E-state index >= 15 is 0 Å². The number of benzene rings is 1. The molecule has 0 amide bonds. The van der Waals surface area contributed by atoms with Crippen molar-refractivity contribution in [2.24, 2.45) is 0 Å². The SMILES string of the molecule is N#Cc1cc(NCC2(N3CCCCC3)CCOCC2)nc2ccc(Cl)cc12. The van der Waals surface area contributed by atoms with Crippen LogP contribution in [0.5, 0.6) is 0 Å². The van der Waals surface area contributed by atoms with E-state index in [0.717, 1.165) is 62.4 Å². The highest BCUT2D eigenvalue weighted by atomic mass is 35.5. The molecule has 0 bridgehead atoms. The van der Waals surface area contributed by atoms with Crippen LogP contribution in [0.1, 0.15) is 37.7 Å². The maximum absolute atomic E-state index is 9.55. The normalized spacial score (nSPS) is 20.3. The average Bonchev–Trinajstić information content (AvgIpc) is 2.73. The minimum atomic E-state index is 0.113. The monoisotopic (exact) mass is 384 g/mol. The number of hydrogen-bond acceptors (Lipinski definition) is 5. The Labute approximate surface area is 165 Å². The molecular weight excluding hydrogens is 360 g/mol. The van der Waals surface area contributed by atoms with Crippen LogP contribution in [0.15, 0.2) is 24.3 Å². The predicted octanol–water partition coefficient (Wildman–Crippen LogP) is 4.21. The van der Waals surface area contributed by atoms with Crippen molar-refractivity contribution >= 4 is 28.3 Å². The summed E-state index contributed by atoms with van der Waals surface area (Å²) in [5.41, 5.74) is 1.51. The molecule has 1 aromatic heterocycles. The first kappa shape index (κ1) is 18.5. The van der Waals surface area contributed by atoms with Gasteiger partial charge in [-0.1, -0.05) is 18.0 Å². The van der Waals surface area contributed by atoms with Crippen LogP contribution >= 0.6 is 11.6 Å². The van der Waals surface area contributed by atoms with E-state index in [1.807, 2.05) is 18.2 Å². The number of fused-ring (bicyclic) bond motifs is 1. The number of pyridine rings is 1. The second-order valence-electron chi connectivity index (χ2n) is 7.57. The van der Waals surface area contributed by atoms with Gasteiger partial charge in [-0.05, 0) is 63.0 Å². The number of rotatable bonds is 4. The molecule has 3 heterocycles. The van der Waals surface area contributed by atoms with E-state index in [9.17, 15) is 5.26 Å². The second kappa shape index (κ2) is 8.02. The van der Waals surface area contributed by atoms with Gasteiger partial charge in [0.1, 0.15) is 5.82 Å². The summed E-state index contributed by atoms with van der Waals surface area (Å²) in [6.45, 7) is 4.77. The van der Waals surface area contributed by atoms with Crippen LogP contribution in [-0.2, 0) is 4.74 Å². The van der Waals surface area contributed by atoms with Gasteiger partial charge in [-0.2, -0.15) is 5.26 Å². The number of halogens is 1. The first-order valence-corrected chi connectivity index (χ1v) is 10.2.